The van der Waals surface area contributed by atoms with Gasteiger partial charge in [-0.25, -0.2) is 0 Å². The molecule has 3 nitrogen and oxygen atoms in total. The summed E-state index contributed by atoms with van der Waals surface area (Å²) in [7, 11) is 0. The van der Waals surface area contributed by atoms with E-state index < -0.39 is 11.5 Å². The molecule has 1 aromatic rings. The Morgan fingerprint density at radius 3 is 2.95 bits per heavy atom. The minimum atomic E-state index is -0.771. The Balaban J connectivity index is 2.08. The number of hydrogen-bond acceptors (Lipinski definition) is 3. The first-order valence-corrected chi connectivity index (χ1v) is 8.73. The van der Waals surface area contributed by atoms with Gasteiger partial charge in [0.25, 0.3) is 0 Å². The molecule has 0 radical (unpaired) electrons. The molecule has 2 N–H and O–H groups in total. The van der Waals surface area contributed by atoms with Crippen LogP contribution in [0, 0.1) is 0 Å². The molecule has 2 atom stereocenters. The molecule has 5 heteroatoms. The number of carboxylic acid groups (broad SMARTS) is 1. The van der Waals surface area contributed by atoms with Gasteiger partial charge in [0.2, 0.25) is 0 Å². The van der Waals surface area contributed by atoms with E-state index in [2.05, 4.69) is 12.2 Å². The molecule has 0 aromatic heterocycles. The Labute approximate surface area is 135 Å². The lowest BCUT2D eigenvalue weighted by Crippen LogP contribution is -2.55. The van der Waals surface area contributed by atoms with Crippen LogP contribution < -0.4 is 5.32 Å². The van der Waals surface area contributed by atoms with Crippen LogP contribution >= 0.6 is 23.4 Å². The van der Waals surface area contributed by atoms with Gasteiger partial charge in [0.1, 0.15) is 5.54 Å². The van der Waals surface area contributed by atoms with Crippen LogP contribution in [0.15, 0.2) is 29.2 Å². The molecule has 1 fully saturated rings. The average molecular weight is 328 g/mol. The topological polar surface area (TPSA) is 49.3 Å². The predicted octanol–water partition coefficient (Wildman–Crippen LogP) is 4.20. The summed E-state index contributed by atoms with van der Waals surface area (Å²) in [5.74, 6) is -0.722. The fraction of sp³-hybridized carbons (Fsp3) is 0.562. The van der Waals surface area contributed by atoms with E-state index in [9.17, 15) is 9.90 Å². The van der Waals surface area contributed by atoms with Gasteiger partial charge in [-0.1, -0.05) is 30.7 Å². The molecule has 0 amide bonds. The summed E-state index contributed by atoms with van der Waals surface area (Å²) < 4.78 is 0. The van der Waals surface area contributed by atoms with Gasteiger partial charge in [-0.2, -0.15) is 0 Å². The van der Waals surface area contributed by atoms with Crippen LogP contribution in [0.1, 0.15) is 39.0 Å². The van der Waals surface area contributed by atoms with E-state index in [0.717, 1.165) is 35.7 Å². The number of carbonyl (C=O) groups is 1. The van der Waals surface area contributed by atoms with E-state index in [1.807, 2.05) is 24.3 Å². The minimum Gasteiger partial charge on any atom is -0.480 e. The van der Waals surface area contributed by atoms with Crippen LogP contribution in [0.5, 0.6) is 0 Å². The van der Waals surface area contributed by atoms with Gasteiger partial charge < -0.3 is 10.4 Å². The third-order valence-electron chi connectivity index (χ3n) is 3.96. The Hall–Kier alpha value is -0.710. The summed E-state index contributed by atoms with van der Waals surface area (Å²) >= 11 is 7.92. The standard InChI is InChI=1S/C16H22ClNO2S/c1-2-10-18-16(15(19)20)9-5-6-12(11-16)21-14-8-4-3-7-13(14)17/h3-4,7-8,12,18H,2,5-6,9-11H2,1H3,(H,19,20). The maximum absolute atomic E-state index is 11.7. The molecule has 1 aromatic carbocycles. The Morgan fingerprint density at radius 1 is 1.52 bits per heavy atom. The highest BCUT2D eigenvalue weighted by atomic mass is 35.5. The second-order valence-corrected chi connectivity index (χ2v) is 7.33. The lowest BCUT2D eigenvalue weighted by atomic mass is 9.81. The Morgan fingerprint density at radius 2 is 2.29 bits per heavy atom. The maximum Gasteiger partial charge on any atom is 0.323 e. The highest BCUT2D eigenvalue weighted by Gasteiger charge is 2.42. The van der Waals surface area contributed by atoms with Crippen LogP contribution in [-0.2, 0) is 4.79 Å². The normalized spacial score (nSPS) is 25.7. The summed E-state index contributed by atoms with van der Waals surface area (Å²) in [4.78, 5) is 12.8. The largest absolute Gasteiger partial charge is 0.480 e. The van der Waals surface area contributed by atoms with Gasteiger partial charge in [0.05, 0.1) is 5.02 Å². The van der Waals surface area contributed by atoms with Gasteiger partial charge in [-0.15, -0.1) is 11.8 Å². The summed E-state index contributed by atoms with van der Waals surface area (Å²) in [5.41, 5.74) is -0.771. The second kappa shape index (κ2) is 7.52. The zero-order valence-corrected chi connectivity index (χ0v) is 13.8. The van der Waals surface area contributed by atoms with Crippen LogP contribution in [-0.4, -0.2) is 28.4 Å². The van der Waals surface area contributed by atoms with Gasteiger partial charge >= 0.3 is 5.97 Å². The van der Waals surface area contributed by atoms with Gasteiger partial charge in [0.15, 0.2) is 0 Å². The van der Waals surface area contributed by atoms with Crippen molar-refractivity contribution in [1.82, 2.24) is 5.32 Å². The highest BCUT2D eigenvalue weighted by molar-refractivity contribution is 8.00. The smallest absolute Gasteiger partial charge is 0.323 e. The van der Waals surface area contributed by atoms with Crippen molar-refractivity contribution < 1.29 is 9.90 Å². The van der Waals surface area contributed by atoms with Crippen molar-refractivity contribution in [3.8, 4) is 0 Å². The molecule has 21 heavy (non-hydrogen) atoms. The molecule has 0 heterocycles. The molecule has 116 valence electrons. The Kier molecular flexibility index (Phi) is 5.97. The molecular formula is C16H22ClNO2S. The fourth-order valence-corrected chi connectivity index (χ4v) is 4.46. The lowest BCUT2D eigenvalue weighted by Gasteiger charge is -2.38. The van der Waals surface area contributed by atoms with Crippen molar-refractivity contribution in [2.75, 3.05) is 6.54 Å². The van der Waals surface area contributed by atoms with Crippen LogP contribution in [0.4, 0.5) is 0 Å². The molecule has 2 unspecified atom stereocenters. The van der Waals surface area contributed by atoms with Crippen molar-refractivity contribution in [2.24, 2.45) is 0 Å². The van der Waals surface area contributed by atoms with Crippen molar-refractivity contribution in [3.63, 3.8) is 0 Å². The molecule has 0 saturated heterocycles. The number of carboxylic acids is 1. The lowest BCUT2D eigenvalue weighted by molar-refractivity contribution is -0.146. The van der Waals surface area contributed by atoms with E-state index in [-0.39, 0.29) is 0 Å². The fourth-order valence-electron chi connectivity index (χ4n) is 2.84. The molecule has 0 aliphatic heterocycles. The number of aliphatic carboxylic acids is 1. The SMILES string of the molecule is CCCNC1(C(=O)O)CCCC(Sc2ccccc2Cl)C1. The minimum absolute atomic E-state index is 0.291. The monoisotopic (exact) mass is 327 g/mol. The maximum atomic E-state index is 11.7. The third kappa shape index (κ3) is 4.15. The third-order valence-corrected chi connectivity index (χ3v) is 5.75. The summed E-state index contributed by atoms with van der Waals surface area (Å²) in [5, 5.41) is 14.0. The first-order valence-electron chi connectivity index (χ1n) is 7.47. The zero-order chi connectivity index (χ0) is 15.3. The number of halogens is 1. The molecule has 1 aliphatic rings. The predicted molar refractivity (Wildman–Crippen MR) is 88.2 cm³/mol. The second-order valence-electron chi connectivity index (χ2n) is 5.58. The van der Waals surface area contributed by atoms with Crippen LogP contribution in [0.25, 0.3) is 0 Å². The van der Waals surface area contributed by atoms with E-state index in [0.29, 0.717) is 18.1 Å². The van der Waals surface area contributed by atoms with Gasteiger partial charge in [0, 0.05) is 10.1 Å². The van der Waals surface area contributed by atoms with Crippen molar-refractivity contribution in [1.29, 1.82) is 0 Å². The molecular weight excluding hydrogens is 306 g/mol. The summed E-state index contributed by atoms with van der Waals surface area (Å²) in [6.07, 6.45) is 4.28. The van der Waals surface area contributed by atoms with E-state index in [1.54, 1.807) is 11.8 Å². The number of rotatable bonds is 6. The van der Waals surface area contributed by atoms with Crippen molar-refractivity contribution in [2.45, 2.75) is 54.7 Å². The Bertz CT molecular complexity index is 497. The number of nitrogens with one attached hydrogen (secondary N) is 1. The molecule has 0 bridgehead atoms. The molecule has 1 aliphatic carbocycles. The van der Waals surface area contributed by atoms with E-state index in [1.165, 1.54) is 0 Å². The van der Waals surface area contributed by atoms with Gasteiger partial charge in [-0.05, 0) is 50.8 Å². The average Bonchev–Trinajstić information content (AvgIpc) is 2.48. The number of hydrogen-bond donors (Lipinski definition) is 2. The number of benzene rings is 1. The van der Waals surface area contributed by atoms with Crippen LogP contribution in [0.3, 0.4) is 0 Å². The van der Waals surface area contributed by atoms with Crippen molar-refractivity contribution >= 4 is 29.3 Å². The van der Waals surface area contributed by atoms with E-state index >= 15 is 0 Å². The molecule has 2 rings (SSSR count). The summed E-state index contributed by atoms with van der Waals surface area (Å²) in [6, 6.07) is 7.77. The first kappa shape index (κ1) is 16.7. The summed E-state index contributed by atoms with van der Waals surface area (Å²) in [6.45, 7) is 2.80. The highest BCUT2D eigenvalue weighted by Crippen LogP contribution is 2.40. The van der Waals surface area contributed by atoms with E-state index in [4.69, 9.17) is 11.6 Å². The van der Waals surface area contributed by atoms with Crippen molar-refractivity contribution in [3.05, 3.63) is 29.3 Å². The number of thioether (sulfide) groups is 1. The van der Waals surface area contributed by atoms with Crippen LogP contribution in [0.2, 0.25) is 5.02 Å². The molecule has 1 saturated carbocycles. The molecule has 0 spiro atoms. The van der Waals surface area contributed by atoms with Gasteiger partial charge in [-0.3, -0.25) is 4.79 Å². The zero-order valence-electron chi connectivity index (χ0n) is 12.3. The first-order chi connectivity index (χ1) is 10.1. The quantitative estimate of drug-likeness (QED) is 0.822.